The largest absolute Gasteiger partial charge is 0.0879 e. The lowest BCUT2D eigenvalue weighted by Crippen LogP contribution is -1.64. The van der Waals surface area contributed by atoms with Gasteiger partial charge in [-0.2, -0.15) is 0 Å². The van der Waals surface area contributed by atoms with Crippen molar-refractivity contribution in [1.82, 2.24) is 0 Å². The second-order valence-corrected chi connectivity index (χ2v) is 3.19. The molecule has 0 bridgehead atoms. The highest BCUT2D eigenvalue weighted by molar-refractivity contribution is 5.04. The summed E-state index contributed by atoms with van der Waals surface area (Å²) in [6.45, 7) is 0. The van der Waals surface area contributed by atoms with Crippen molar-refractivity contribution in [2.75, 3.05) is 0 Å². The molecule has 13 heavy (non-hydrogen) atoms. The van der Waals surface area contributed by atoms with Crippen molar-refractivity contribution in [3.63, 3.8) is 0 Å². The predicted octanol–water partition coefficient (Wildman–Crippen LogP) is 4.18. The van der Waals surface area contributed by atoms with E-state index in [2.05, 4.69) is 48.6 Å². The third-order valence-electron chi connectivity index (χ3n) is 1.99. The van der Waals surface area contributed by atoms with Gasteiger partial charge >= 0.3 is 0 Å². The Morgan fingerprint density at radius 2 is 0.923 bits per heavy atom. The molecule has 1 aliphatic carbocycles. The van der Waals surface area contributed by atoms with Crippen LogP contribution >= 0.6 is 0 Å². The minimum atomic E-state index is 1.09. The van der Waals surface area contributed by atoms with Crippen LogP contribution in [0.5, 0.6) is 0 Å². The second-order valence-electron chi connectivity index (χ2n) is 3.19. The lowest BCUT2D eigenvalue weighted by Gasteiger charge is -1.85. The Labute approximate surface area is 81.4 Å². The van der Waals surface area contributed by atoms with Gasteiger partial charge in [-0.05, 0) is 32.1 Å². The molecule has 0 fully saturated rings. The monoisotopic (exact) mass is 174 g/mol. The fourth-order valence-corrected chi connectivity index (χ4v) is 1.24. The third kappa shape index (κ3) is 6.15. The molecular weight excluding hydrogens is 156 g/mol. The van der Waals surface area contributed by atoms with Crippen LogP contribution in [0.3, 0.4) is 0 Å². The van der Waals surface area contributed by atoms with E-state index < -0.39 is 0 Å². The van der Waals surface area contributed by atoms with E-state index in [1.54, 1.807) is 0 Å². The molecule has 0 atom stereocenters. The highest BCUT2D eigenvalue weighted by Gasteiger charge is 1.79. The Kier molecular flexibility index (Phi) is 5.87. The van der Waals surface area contributed by atoms with Crippen molar-refractivity contribution >= 4 is 0 Å². The van der Waals surface area contributed by atoms with Gasteiger partial charge in [-0.25, -0.2) is 0 Å². The highest BCUT2D eigenvalue weighted by atomic mass is 13.9. The van der Waals surface area contributed by atoms with Crippen molar-refractivity contribution in [2.24, 2.45) is 0 Å². The molecule has 0 aromatic rings. The van der Waals surface area contributed by atoms with Crippen LogP contribution in [0.1, 0.15) is 32.1 Å². The summed E-state index contributed by atoms with van der Waals surface area (Å²) in [6, 6.07) is 0. The summed E-state index contributed by atoms with van der Waals surface area (Å²) < 4.78 is 0. The molecule has 0 spiro atoms. The van der Waals surface area contributed by atoms with E-state index >= 15 is 0 Å². The third-order valence-corrected chi connectivity index (χ3v) is 1.99. The lowest BCUT2D eigenvalue weighted by molar-refractivity contribution is 1.04. The molecular formula is C13H18. The van der Waals surface area contributed by atoms with Crippen molar-refractivity contribution in [3.05, 3.63) is 48.6 Å². The van der Waals surface area contributed by atoms with Gasteiger partial charge in [0, 0.05) is 0 Å². The summed E-state index contributed by atoms with van der Waals surface area (Å²) in [5, 5.41) is 0. The standard InChI is InChI=1S/C13H18/c1-2-4-6-8-10-12-13-11-9-7-5-3-1/h1-4,9-12H,5-8,13H2/b3-1-,4-2?,11-9+,12-10-. The van der Waals surface area contributed by atoms with Crippen LogP contribution in [-0.4, -0.2) is 0 Å². The van der Waals surface area contributed by atoms with E-state index in [-0.39, 0.29) is 0 Å². The molecule has 0 N–H and O–H groups in total. The lowest BCUT2D eigenvalue weighted by atomic mass is 10.2. The topological polar surface area (TPSA) is 0 Å². The van der Waals surface area contributed by atoms with E-state index in [1.165, 1.54) is 0 Å². The van der Waals surface area contributed by atoms with Crippen LogP contribution in [-0.2, 0) is 0 Å². The number of rotatable bonds is 0. The predicted molar refractivity (Wildman–Crippen MR) is 59.6 cm³/mol. The molecule has 0 aromatic heterocycles. The molecule has 0 saturated heterocycles. The Morgan fingerprint density at radius 3 is 1.46 bits per heavy atom. The molecule has 0 amide bonds. The first kappa shape index (κ1) is 10.0. The van der Waals surface area contributed by atoms with Crippen molar-refractivity contribution in [1.29, 1.82) is 0 Å². The Morgan fingerprint density at radius 1 is 0.462 bits per heavy atom. The molecule has 0 aromatic carbocycles. The molecule has 1 rings (SSSR count). The zero-order valence-corrected chi connectivity index (χ0v) is 8.15. The molecule has 0 unspecified atom stereocenters. The van der Waals surface area contributed by atoms with Crippen LogP contribution in [0.2, 0.25) is 0 Å². The number of allylic oxidation sites excluding steroid dienone is 8. The molecule has 0 radical (unpaired) electrons. The van der Waals surface area contributed by atoms with Crippen LogP contribution in [0.25, 0.3) is 0 Å². The molecule has 0 aliphatic heterocycles. The zero-order chi connectivity index (χ0) is 9.19. The van der Waals surface area contributed by atoms with Gasteiger partial charge in [-0.3, -0.25) is 0 Å². The quantitative estimate of drug-likeness (QED) is 0.483. The molecule has 0 saturated carbocycles. The van der Waals surface area contributed by atoms with Crippen molar-refractivity contribution in [2.45, 2.75) is 32.1 Å². The van der Waals surface area contributed by atoms with Gasteiger partial charge in [0.15, 0.2) is 0 Å². The molecule has 1 aliphatic rings. The van der Waals surface area contributed by atoms with E-state index in [0.717, 1.165) is 32.1 Å². The van der Waals surface area contributed by atoms with Gasteiger partial charge in [-0.1, -0.05) is 48.6 Å². The molecule has 0 heterocycles. The van der Waals surface area contributed by atoms with E-state index in [0.29, 0.717) is 0 Å². The van der Waals surface area contributed by atoms with Gasteiger partial charge in [0.1, 0.15) is 0 Å². The summed E-state index contributed by atoms with van der Waals surface area (Å²) >= 11 is 0. The van der Waals surface area contributed by atoms with Crippen LogP contribution in [0, 0.1) is 0 Å². The first-order valence-corrected chi connectivity index (χ1v) is 5.12. The van der Waals surface area contributed by atoms with Gasteiger partial charge in [0.25, 0.3) is 0 Å². The average Bonchev–Trinajstić information content (AvgIpc) is 2.18. The second kappa shape index (κ2) is 7.60. The average molecular weight is 174 g/mol. The minimum absolute atomic E-state index is 1.09. The molecule has 0 nitrogen and oxygen atoms in total. The number of hydrogen-bond acceptors (Lipinski definition) is 0. The summed E-state index contributed by atoms with van der Waals surface area (Å²) in [6.07, 6.45) is 23.5. The van der Waals surface area contributed by atoms with Crippen LogP contribution in [0.4, 0.5) is 0 Å². The Bertz CT molecular complexity index is 192. The first-order valence-electron chi connectivity index (χ1n) is 5.12. The first-order chi connectivity index (χ1) is 6.50. The smallest absolute Gasteiger partial charge is 0.0169 e. The summed E-state index contributed by atoms with van der Waals surface area (Å²) in [5.41, 5.74) is 0. The molecule has 0 heteroatoms. The molecule has 70 valence electrons. The fourth-order valence-electron chi connectivity index (χ4n) is 1.24. The minimum Gasteiger partial charge on any atom is -0.0879 e. The zero-order valence-electron chi connectivity index (χ0n) is 8.15. The summed E-state index contributed by atoms with van der Waals surface area (Å²) in [4.78, 5) is 0. The van der Waals surface area contributed by atoms with Gasteiger partial charge < -0.3 is 0 Å². The normalized spacial score (nSPS) is 26.5. The van der Waals surface area contributed by atoms with Crippen LogP contribution in [0.15, 0.2) is 48.6 Å². The van der Waals surface area contributed by atoms with Gasteiger partial charge in [0.2, 0.25) is 0 Å². The van der Waals surface area contributed by atoms with Gasteiger partial charge in [-0.15, -0.1) is 0 Å². The van der Waals surface area contributed by atoms with E-state index in [4.69, 9.17) is 0 Å². The number of hydrogen-bond donors (Lipinski definition) is 0. The van der Waals surface area contributed by atoms with Crippen molar-refractivity contribution in [3.8, 4) is 0 Å². The van der Waals surface area contributed by atoms with Gasteiger partial charge in [0.05, 0.1) is 0 Å². The SMILES string of the molecule is C1=CCC/C=C\C/C=C/CC/C=C\1. The maximum Gasteiger partial charge on any atom is -0.0169 e. The van der Waals surface area contributed by atoms with Crippen molar-refractivity contribution < 1.29 is 0 Å². The fraction of sp³-hybridized carbons (Fsp3) is 0.385. The maximum absolute atomic E-state index is 2.26. The van der Waals surface area contributed by atoms with Crippen LogP contribution < -0.4 is 0 Å². The summed E-state index contributed by atoms with van der Waals surface area (Å²) in [7, 11) is 0. The Hall–Kier alpha value is -1.04. The highest BCUT2D eigenvalue weighted by Crippen LogP contribution is 1.99. The van der Waals surface area contributed by atoms with E-state index in [1.807, 2.05) is 0 Å². The Balaban J connectivity index is 2.38. The maximum atomic E-state index is 2.26. The summed E-state index contributed by atoms with van der Waals surface area (Å²) in [5.74, 6) is 0. The van der Waals surface area contributed by atoms with E-state index in [9.17, 15) is 0 Å².